The first-order valence-corrected chi connectivity index (χ1v) is 12.3. The number of anilines is 1. The van der Waals surface area contributed by atoms with E-state index in [4.69, 9.17) is 0 Å². The third-order valence-electron chi connectivity index (χ3n) is 5.98. The van der Waals surface area contributed by atoms with Gasteiger partial charge in [-0.05, 0) is 75.9 Å². The lowest BCUT2D eigenvalue weighted by molar-refractivity contribution is -0.137. The molecule has 180 valence electrons. The second kappa shape index (κ2) is 9.46. The van der Waals surface area contributed by atoms with E-state index in [2.05, 4.69) is 0 Å². The van der Waals surface area contributed by atoms with Crippen LogP contribution in [-0.4, -0.2) is 37.8 Å². The van der Waals surface area contributed by atoms with Gasteiger partial charge < -0.3 is 4.90 Å². The summed E-state index contributed by atoms with van der Waals surface area (Å²) in [5.74, 6) is -0.421. The minimum Gasteiger partial charge on any atom is -0.309 e. The lowest BCUT2D eigenvalue weighted by atomic mass is 9.95. The Morgan fingerprint density at radius 3 is 2.27 bits per heavy atom. The van der Waals surface area contributed by atoms with Crippen molar-refractivity contribution >= 4 is 21.6 Å². The SMILES string of the molecule is Cc1ccc(C)c(N(C(=O)C2CCN(S(=O)(=O)c3cccc(C(F)(F)F)c3)CC2)C(C)C)c1. The molecule has 33 heavy (non-hydrogen) atoms. The van der Waals surface area contributed by atoms with Crippen molar-refractivity contribution in [3.05, 3.63) is 59.2 Å². The van der Waals surface area contributed by atoms with Crippen molar-refractivity contribution < 1.29 is 26.4 Å². The molecule has 0 atom stereocenters. The Morgan fingerprint density at radius 1 is 1.06 bits per heavy atom. The van der Waals surface area contributed by atoms with Crippen molar-refractivity contribution in [1.29, 1.82) is 0 Å². The maximum Gasteiger partial charge on any atom is 0.416 e. The lowest BCUT2D eigenvalue weighted by Gasteiger charge is -2.36. The van der Waals surface area contributed by atoms with Crippen LogP contribution in [0.2, 0.25) is 0 Å². The molecule has 0 spiro atoms. The monoisotopic (exact) mass is 482 g/mol. The maximum absolute atomic E-state index is 13.4. The summed E-state index contributed by atoms with van der Waals surface area (Å²) in [4.78, 5) is 14.8. The summed E-state index contributed by atoms with van der Waals surface area (Å²) in [7, 11) is -4.09. The molecule has 3 rings (SSSR count). The number of hydrogen-bond acceptors (Lipinski definition) is 3. The van der Waals surface area contributed by atoms with Crippen LogP contribution in [0.1, 0.15) is 43.4 Å². The molecule has 1 amide bonds. The first kappa shape index (κ1) is 25.2. The highest BCUT2D eigenvalue weighted by molar-refractivity contribution is 7.89. The summed E-state index contributed by atoms with van der Waals surface area (Å²) in [6.45, 7) is 7.94. The van der Waals surface area contributed by atoms with E-state index < -0.39 is 21.8 Å². The molecule has 9 heteroatoms. The largest absolute Gasteiger partial charge is 0.416 e. The zero-order valence-electron chi connectivity index (χ0n) is 19.2. The molecular formula is C24H29F3N2O3S. The highest BCUT2D eigenvalue weighted by Gasteiger charge is 2.37. The van der Waals surface area contributed by atoms with Crippen LogP contribution in [0.5, 0.6) is 0 Å². The molecule has 1 heterocycles. The minimum absolute atomic E-state index is 0.0604. The van der Waals surface area contributed by atoms with Crippen LogP contribution in [0.3, 0.4) is 0 Å². The fraction of sp³-hybridized carbons (Fsp3) is 0.458. The Morgan fingerprint density at radius 2 is 1.70 bits per heavy atom. The number of rotatable bonds is 5. The van der Waals surface area contributed by atoms with Crippen molar-refractivity contribution in [3.8, 4) is 0 Å². The van der Waals surface area contributed by atoms with Gasteiger partial charge in [-0.15, -0.1) is 0 Å². The van der Waals surface area contributed by atoms with Crippen LogP contribution in [0.4, 0.5) is 18.9 Å². The van der Waals surface area contributed by atoms with Gasteiger partial charge in [0.1, 0.15) is 0 Å². The van der Waals surface area contributed by atoms with E-state index in [0.29, 0.717) is 18.9 Å². The zero-order chi connectivity index (χ0) is 24.6. The Kier molecular flexibility index (Phi) is 7.24. The zero-order valence-corrected chi connectivity index (χ0v) is 20.0. The molecule has 2 aromatic carbocycles. The Bertz CT molecular complexity index is 1120. The fourth-order valence-electron chi connectivity index (χ4n) is 4.15. The number of benzene rings is 2. The van der Waals surface area contributed by atoms with Gasteiger partial charge >= 0.3 is 6.18 Å². The number of nitrogens with zero attached hydrogens (tertiary/aromatic N) is 2. The number of aryl methyl sites for hydroxylation is 2. The van der Waals surface area contributed by atoms with E-state index in [1.807, 2.05) is 45.9 Å². The molecule has 0 aliphatic carbocycles. The standard InChI is InChI=1S/C24H29F3N2O3S/c1-16(2)29(22-14-17(3)8-9-18(22)4)23(30)19-10-12-28(13-11-19)33(31,32)21-7-5-6-20(15-21)24(25,26)27/h5-9,14-16,19H,10-13H2,1-4H3. The second-order valence-corrected chi connectivity index (χ2v) is 10.7. The summed E-state index contributed by atoms with van der Waals surface area (Å²) < 4.78 is 66.1. The molecule has 0 aromatic heterocycles. The van der Waals surface area contributed by atoms with Crippen molar-refractivity contribution in [2.45, 2.75) is 57.7 Å². The number of sulfonamides is 1. The summed E-state index contributed by atoms with van der Waals surface area (Å²) in [6, 6.07) is 9.62. The van der Waals surface area contributed by atoms with Crippen molar-refractivity contribution in [1.82, 2.24) is 4.31 Å². The smallest absolute Gasteiger partial charge is 0.309 e. The molecule has 5 nitrogen and oxygen atoms in total. The topological polar surface area (TPSA) is 57.7 Å². The molecule has 1 fully saturated rings. The number of alkyl halides is 3. The predicted molar refractivity (Wildman–Crippen MR) is 121 cm³/mol. The average Bonchev–Trinajstić information content (AvgIpc) is 2.75. The van der Waals surface area contributed by atoms with Crippen LogP contribution in [0.15, 0.2) is 47.4 Å². The van der Waals surface area contributed by atoms with E-state index in [-0.39, 0.29) is 35.9 Å². The number of piperidine rings is 1. The highest BCUT2D eigenvalue weighted by atomic mass is 32.2. The third-order valence-corrected chi connectivity index (χ3v) is 7.87. The number of carbonyl (C=O) groups is 1. The minimum atomic E-state index is -4.63. The molecule has 1 saturated heterocycles. The molecule has 1 aliphatic rings. The van der Waals surface area contributed by atoms with Crippen molar-refractivity contribution in [2.24, 2.45) is 5.92 Å². The van der Waals surface area contributed by atoms with E-state index in [9.17, 15) is 26.4 Å². The molecule has 1 aliphatic heterocycles. The molecular weight excluding hydrogens is 453 g/mol. The Labute approximate surface area is 193 Å². The molecule has 0 saturated carbocycles. The van der Waals surface area contributed by atoms with Crippen molar-refractivity contribution in [2.75, 3.05) is 18.0 Å². The van der Waals surface area contributed by atoms with Crippen LogP contribution in [0.25, 0.3) is 0 Å². The molecule has 0 bridgehead atoms. The van der Waals surface area contributed by atoms with E-state index in [1.54, 1.807) is 4.90 Å². The quantitative estimate of drug-likeness (QED) is 0.591. The Hall–Kier alpha value is -2.39. The Balaban J connectivity index is 1.77. The van der Waals surface area contributed by atoms with Gasteiger partial charge in [0.25, 0.3) is 0 Å². The average molecular weight is 483 g/mol. The van der Waals surface area contributed by atoms with Gasteiger partial charge in [0.05, 0.1) is 10.5 Å². The summed E-state index contributed by atoms with van der Waals surface area (Å²) in [5, 5.41) is 0. The van der Waals surface area contributed by atoms with Crippen molar-refractivity contribution in [3.63, 3.8) is 0 Å². The summed E-state index contributed by atoms with van der Waals surface area (Å²) in [5.41, 5.74) is 1.85. The van der Waals surface area contributed by atoms with E-state index >= 15 is 0 Å². The number of hydrogen-bond donors (Lipinski definition) is 0. The van der Waals surface area contributed by atoms with Gasteiger partial charge in [0.15, 0.2) is 0 Å². The van der Waals surface area contributed by atoms with Crippen LogP contribution < -0.4 is 4.90 Å². The molecule has 0 unspecified atom stereocenters. The molecule has 0 radical (unpaired) electrons. The fourth-order valence-corrected chi connectivity index (χ4v) is 5.67. The first-order valence-electron chi connectivity index (χ1n) is 10.9. The first-order chi connectivity index (χ1) is 15.3. The van der Waals surface area contributed by atoms with Gasteiger partial charge in [-0.25, -0.2) is 8.42 Å². The van der Waals surface area contributed by atoms with Gasteiger partial charge in [0.2, 0.25) is 15.9 Å². The number of amides is 1. The van der Waals surface area contributed by atoms with Crippen LogP contribution in [-0.2, 0) is 21.0 Å². The maximum atomic E-state index is 13.4. The predicted octanol–water partition coefficient (Wildman–Crippen LogP) is 5.16. The van der Waals surface area contributed by atoms with Crippen LogP contribution >= 0.6 is 0 Å². The molecule has 0 N–H and O–H groups in total. The van der Waals surface area contributed by atoms with Gasteiger partial charge in [-0.2, -0.15) is 17.5 Å². The summed E-state index contributed by atoms with van der Waals surface area (Å²) in [6.07, 6.45) is -4.00. The molecule has 2 aromatic rings. The van der Waals surface area contributed by atoms with Gasteiger partial charge in [-0.1, -0.05) is 18.2 Å². The number of carbonyl (C=O) groups excluding carboxylic acids is 1. The third kappa shape index (κ3) is 5.41. The lowest BCUT2D eigenvalue weighted by Crippen LogP contribution is -2.46. The van der Waals surface area contributed by atoms with Gasteiger partial charge in [0, 0.05) is 30.7 Å². The van der Waals surface area contributed by atoms with E-state index in [1.165, 1.54) is 10.4 Å². The van der Waals surface area contributed by atoms with Crippen LogP contribution in [0, 0.1) is 19.8 Å². The number of halogens is 3. The normalized spacial score (nSPS) is 16.2. The highest BCUT2D eigenvalue weighted by Crippen LogP contribution is 2.33. The summed E-state index contributed by atoms with van der Waals surface area (Å²) >= 11 is 0. The second-order valence-electron chi connectivity index (χ2n) is 8.80. The van der Waals surface area contributed by atoms with Gasteiger partial charge in [-0.3, -0.25) is 4.79 Å². The van der Waals surface area contributed by atoms with E-state index in [0.717, 1.165) is 28.9 Å².